The van der Waals surface area contributed by atoms with E-state index in [2.05, 4.69) is 32.7 Å². The van der Waals surface area contributed by atoms with Crippen LogP contribution in [-0.2, 0) is 12.7 Å². The molecule has 9 nitrogen and oxygen atoms in total. The molecule has 0 amide bonds. The fraction of sp³-hybridized carbons (Fsp3) is 0.917. The van der Waals surface area contributed by atoms with E-state index in [0.29, 0.717) is 0 Å². The normalized spacial score (nSPS) is 14.8. The van der Waals surface area contributed by atoms with Crippen LogP contribution in [0.1, 0.15) is 19.8 Å². The van der Waals surface area contributed by atoms with Crippen LogP contribution >= 0.6 is 0 Å². The van der Waals surface area contributed by atoms with Crippen molar-refractivity contribution in [3.8, 4) is 0 Å². The quantitative estimate of drug-likeness (QED) is 0.122. The predicted octanol–water partition coefficient (Wildman–Crippen LogP) is 4.22. The second-order valence-corrected chi connectivity index (χ2v) is 27.3. The Labute approximate surface area is 233 Å². The van der Waals surface area contributed by atoms with Gasteiger partial charge >= 0.3 is 8.56 Å². The fourth-order valence-electron chi connectivity index (χ4n) is 4.59. The average Bonchev–Trinajstić information content (AvgIpc) is 2.70. The second-order valence-electron chi connectivity index (χ2n) is 12.1. The molecule has 0 aliphatic rings. The van der Waals surface area contributed by atoms with Gasteiger partial charge in [0, 0.05) is 75.1 Å². The summed E-state index contributed by atoms with van der Waals surface area (Å²) in [4.78, 5) is 17.8. The molecular weight excluding hydrogens is 533 g/mol. The molecule has 0 fully saturated rings. The van der Waals surface area contributed by atoms with Crippen molar-refractivity contribution in [2.75, 3.05) is 69.5 Å². The van der Waals surface area contributed by atoms with Crippen molar-refractivity contribution in [3.63, 3.8) is 0 Å². The number of aliphatic imine (C=N–C) groups is 2. The number of rotatable bonds is 15. The minimum absolute atomic E-state index is 0.729. The molecule has 0 rings (SSSR count). The maximum atomic E-state index is 12.8. The summed E-state index contributed by atoms with van der Waals surface area (Å²) in [6.07, 6.45) is 1.86. The Morgan fingerprint density at radius 2 is 1.11 bits per heavy atom. The van der Waals surface area contributed by atoms with Gasteiger partial charge in [-0.1, -0.05) is 6.92 Å². The van der Waals surface area contributed by atoms with Crippen molar-refractivity contribution in [2.45, 2.75) is 76.3 Å². The van der Waals surface area contributed by atoms with Gasteiger partial charge in [-0.05, 0) is 63.7 Å². The van der Waals surface area contributed by atoms with Crippen LogP contribution in [0.5, 0.6) is 0 Å². The van der Waals surface area contributed by atoms with Crippen LogP contribution in [0.15, 0.2) is 9.98 Å². The van der Waals surface area contributed by atoms with E-state index < -0.39 is 33.9 Å². The molecule has 0 N–H and O–H groups in total. The summed E-state index contributed by atoms with van der Waals surface area (Å²) < 4.78 is 26.8. The molecule has 0 saturated heterocycles. The molecule has 13 heteroatoms. The van der Waals surface area contributed by atoms with Crippen LogP contribution in [-0.4, -0.2) is 135 Å². The summed E-state index contributed by atoms with van der Waals surface area (Å²) in [5.41, 5.74) is 0.729. The zero-order valence-electron chi connectivity index (χ0n) is 26.6. The van der Waals surface area contributed by atoms with Crippen molar-refractivity contribution < 1.29 is 12.7 Å². The Morgan fingerprint density at radius 3 is 1.46 bits per heavy atom. The fourth-order valence-corrected chi connectivity index (χ4v) is 23.4. The van der Waals surface area contributed by atoms with Gasteiger partial charge < -0.3 is 32.3 Å². The molecule has 0 aromatic rings. The molecule has 0 aliphatic heterocycles. The lowest BCUT2D eigenvalue weighted by molar-refractivity contribution is 0.376. The minimum atomic E-state index is -2.49. The number of hydrogen-bond donors (Lipinski definition) is 0. The molecule has 0 heterocycles. The summed E-state index contributed by atoms with van der Waals surface area (Å²) in [5, 5.41) is 0. The van der Waals surface area contributed by atoms with Gasteiger partial charge in [-0.2, -0.15) is 0 Å². The van der Waals surface area contributed by atoms with Crippen LogP contribution in [0.4, 0.5) is 0 Å². The highest BCUT2D eigenvalue weighted by atomic mass is 28.5. The summed E-state index contributed by atoms with van der Waals surface area (Å²) >= 11 is 0. The third-order valence-corrected chi connectivity index (χ3v) is 21.6. The van der Waals surface area contributed by atoms with Gasteiger partial charge in [0.2, 0.25) is 0 Å². The molecule has 218 valence electrons. The maximum absolute atomic E-state index is 12.8. The van der Waals surface area contributed by atoms with Gasteiger partial charge in [-0.15, -0.1) is 0 Å². The van der Waals surface area contributed by atoms with E-state index in [9.17, 15) is 4.46 Å². The molecule has 0 aliphatic carbocycles. The largest absolute Gasteiger partial charge is 0.437 e. The van der Waals surface area contributed by atoms with Gasteiger partial charge in [-0.3, -0.25) is 9.98 Å². The number of nitrogens with zero attached hydrogens (tertiary/aromatic N) is 6. The molecule has 0 aromatic heterocycles. The summed E-state index contributed by atoms with van der Waals surface area (Å²) in [7, 11) is 7.90. The lowest BCUT2D eigenvalue weighted by Gasteiger charge is -2.41. The Balaban J connectivity index is 5.73. The van der Waals surface area contributed by atoms with Gasteiger partial charge in [0.25, 0.3) is 8.68 Å². The number of guanidine groups is 2. The Kier molecular flexibility index (Phi) is 15.9. The molecule has 0 saturated carbocycles. The summed E-state index contributed by atoms with van der Waals surface area (Å²) in [6.45, 7) is 14.7. The average molecular weight is 591 g/mol. The Hall–Kier alpha value is -0.872. The lowest BCUT2D eigenvalue weighted by Crippen LogP contribution is -2.55. The smallest absolute Gasteiger partial charge is 0.314 e. The van der Waals surface area contributed by atoms with E-state index in [-0.39, 0.29) is 0 Å². The Morgan fingerprint density at radius 1 is 0.703 bits per heavy atom. The monoisotopic (exact) mass is 590 g/mol. The number of hydrogen-bond acceptors (Lipinski definition) is 5. The third kappa shape index (κ3) is 15.3. The predicted molar refractivity (Wildman–Crippen MR) is 169 cm³/mol. The minimum Gasteiger partial charge on any atom is -0.437 e. The molecule has 0 radical (unpaired) electrons. The van der Waals surface area contributed by atoms with Gasteiger partial charge in [0.05, 0.1) is 0 Å². The van der Waals surface area contributed by atoms with E-state index in [1.807, 2.05) is 82.9 Å². The standard InChI is InChI=1S/C24H58N6O3Si4/c1-15-34(31)22-36(13,20-16-18-25-23(27(2)3)28(4)5)33-37(14,32-35(10,11)12)21-17-19-26-24(29(6)7)30(8)9/h15-22H2,1-14H3. The van der Waals surface area contributed by atoms with Crippen molar-refractivity contribution in [3.05, 3.63) is 0 Å². The molecular formula is C24H58N6O3Si4. The van der Waals surface area contributed by atoms with E-state index in [4.69, 9.17) is 18.2 Å². The van der Waals surface area contributed by atoms with E-state index in [1.54, 1.807) is 0 Å². The van der Waals surface area contributed by atoms with Gasteiger partial charge in [-0.25, -0.2) is 0 Å². The highest BCUT2D eigenvalue weighted by Gasteiger charge is 2.44. The van der Waals surface area contributed by atoms with Crippen molar-refractivity contribution >= 4 is 45.8 Å². The summed E-state index contributed by atoms with van der Waals surface area (Å²) in [6, 6.07) is 2.58. The van der Waals surface area contributed by atoms with Crippen LogP contribution in [0.25, 0.3) is 0 Å². The topological polar surface area (TPSA) is 73.2 Å². The molecule has 2 unspecified atom stereocenters. The van der Waals surface area contributed by atoms with Crippen LogP contribution < -0.4 is 0 Å². The highest BCUT2D eigenvalue weighted by molar-refractivity contribution is 6.91. The van der Waals surface area contributed by atoms with Crippen molar-refractivity contribution in [2.24, 2.45) is 9.98 Å². The first-order chi connectivity index (χ1) is 16.8. The second kappa shape index (κ2) is 16.3. The van der Waals surface area contributed by atoms with E-state index in [1.165, 1.54) is 0 Å². The Bertz CT molecular complexity index is 739. The summed E-state index contributed by atoms with van der Waals surface area (Å²) in [5.74, 6) is 1.93. The first kappa shape index (κ1) is 36.1. The maximum Gasteiger partial charge on any atom is 0.314 e. The zero-order valence-corrected chi connectivity index (χ0v) is 30.6. The first-order valence-corrected chi connectivity index (χ1v) is 24.1. The third-order valence-electron chi connectivity index (χ3n) is 5.71. The van der Waals surface area contributed by atoms with Gasteiger partial charge in [0.1, 0.15) is 0 Å². The van der Waals surface area contributed by atoms with Crippen molar-refractivity contribution in [1.29, 1.82) is 0 Å². The van der Waals surface area contributed by atoms with E-state index >= 15 is 0 Å². The van der Waals surface area contributed by atoms with E-state index in [0.717, 1.165) is 61.6 Å². The van der Waals surface area contributed by atoms with Crippen LogP contribution in [0.3, 0.4) is 0 Å². The molecule has 0 aromatic carbocycles. The lowest BCUT2D eigenvalue weighted by atomic mass is 10.5. The zero-order chi connectivity index (χ0) is 29.0. The molecule has 0 bridgehead atoms. The van der Waals surface area contributed by atoms with Crippen molar-refractivity contribution in [1.82, 2.24) is 19.6 Å². The molecule has 37 heavy (non-hydrogen) atoms. The van der Waals surface area contributed by atoms with Crippen LogP contribution in [0.2, 0.25) is 56.5 Å². The highest BCUT2D eigenvalue weighted by Crippen LogP contribution is 2.30. The molecule has 0 spiro atoms. The van der Waals surface area contributed by atoms with Crippen LogP contribution in [0, 0.1) is 0 Å². The SMILES string of the molecule is CC[Si](=O)C[Si](C)(CCCN=C(N(C)C)N(C)C)O[Si](C)(CCCN=C(N(C)C)N(C)C)O[Si](C)(C)C. The first-order valence-electron chi connectivity index (χ1n) is 13.5. The molecule has 2 atom stereocenters. The van der Waals surface area contributed by atoms with Gasteiger partial charge in [0.15, 0.2) is 28.6 Å².